The molecule has 5 rings (SSSR count). The van der Waals surface area contributed by atoms with Gasteiger partial charge in [0, 0.05) is 17.1 Å². The average molecular weight is 427 g/mol. The van der Waals surface area contributed by atoms with E-state index >= 15 is 0 Å². The van der Waals surface area contributed by atoms with E-state index in [1.807, 2.05) is 78.2 Å². The highest BCUT2D eigenvalue weighted by molar-refractivity contribution is 7.18. The number of nitrogens with zero attached hydrogens (tertiary/aromatic N) is 1. The minimum Gasteiger partial charge on any atom is -0.465 e. The molecule has 0 bridgehead atoms. The van der Waals surface area contributed by atoms with Crippen molar-refractivity contribution in [1.29, 1.82) is 0 Å². The lowest BCUT2D eigenvalue weighted by Crippen LogP contribution is -2.17. The lowest BCUT2D eigenvalue weighted by Gasteiger charge is -2.10. The Morgan fingerprint density at radius 1 is 0.903 bits per heavy atom. The van der Waals surface area contributed by atoms with Gasteiger partial charge in [0.05, 0.1) is 22.9 Å². The van der Waals surface area contributed by atoms with E-state index in [1.54, 1.807) is 6.20 Å². The molecule has 0 fully saturated rings. The Labute approximate surface area is 181 Å². The fourth-order valence-corrected chi connectivity index (χ4v) is 4.54. The van der Waals surface area contributed by atoms with E-state index in [0.29, 0.717) is 16.9 Å². The highest BCUT2D eigenvalue weighted by Crippen LogP contribution is 2.30. The van der Waals surface area contributed by atoms with Gasteiger partial charge in [-0.15, -0.1) is 11.3 Å². The summed E-state index contributed by atoms with van der Waals surface area (Å²) in [5.74, 6) is 0.963. The number of hydrogen-bond donors (Lipinski definition) is 0. The molecule has 0 unspecified atom stereocenters. The Bertz CT molecular complexity index is 1470. The predicted molar refractivity (Wildman–Crippen MR) is 122 cm³/mol. The molecule has 0 aliphatic rings. The Balaban J connectivity index is 1.59. The van der Waals surface area contributed by atoms with Crippen molar-refractivity contribution in [3.8, 4) is 22.6 Å². The molecule has 3 aromatic heterocycles. The molecule has 31 heavy (non-hydrogen) atoms. The molecule has 0 saturated heterocycles. The number of pyridine rings is 2. The Morgan fingerprint density at radius 3 is 2.39 bits per heavy atom. The van der Waals surface area contributed by atoms with Gasteiger partial charge in [0.1, 0.15) is 11.5 Å². The van der Waals surface area contributed by atoms with Crippen molar-refractivity contribution in [3.63, 3.8) is 0 Å². The third kappa shape index (κ3) is 3.37. The van der Waals surface area contributed by atoms with Crippen LogP contribution >= 0.6 is 11.3 Å². The summed E-state index contributed by atoms with van der Waals surface area (Å²) in [5.41, 5.74) is 2.24. The van der Waals surface area contributed by atoms with Crippen molar-refractivity contribution in [1.82, 2.24) is 4.40 Å². The molecule has 0 saturated carbocycles. The average Bonchev–Trinajstić information content (AvgIpc) is 3.30. The zero-order valence-electron chi connectivity index (χ0n) is 16.6. The lowest BCUT2D eigenvalue weighted by atomic mass is 10.1. The van der Waals surface area contributed by atoms with E-state index in [0.717, 1.165) is 26.9 Å². The fourth-order valence-electron chi connectivity index (χ4n) is 3.60. The quantitative estimate of drug-likeness (QED) is 0.342. The zero-order chi connectivity index (χ0) is 21.4. The van der Waals surface area contributed by atoms with Gasteiger partial charge in [-0.1, -0.05) is 30.3 Å². The summed E-state index contributed by atoms with van der Waals surface area (Å²) in [7, 11) is 1.34. The van der Waals surface area contributed by atoms with Crippen LogP contribution in [0.1, 0.15) is 10.4 Å². The molecule has 6 heteroatoms. The van der Waals surface area contributed by atoms with E-state index in [9.17, 15) is 9.59 Å². The third-order valence-corrected chi connectivity index (χ3v) is 6.05. The van der Waals surface area contributed by atoms with Crippen molar-refractivity contribution >= 4 is 32.9 Å². The predicted octanol–water partition coefficient (Wildman–Crippen LogP) is 5.76. The SMILES string of the molecule is COC(=O)c1cn2c(=O)c(-c3ccc(Oc4ccccc4)cc3)ccc2c2sccc12. The summed E-state index contributed by atoms with van der Waals surface area (Å²) >= 11 is 1.49. The lowest BCUT2D eigenvalue weighted by molar-refractivity contribution is 0.0602. The second-order valence-corrected chi connectivity index (χ2v) is 7.86. The van der Waals surface area contributed by atoms with Gasteiger partial charge in [0.15, 0.2) is 0 Å². The number of ether oxygens (including phenoxy) is 2. The maximum Gasteiger partial charge on any atom is 0.340 e. The van der Waals surface area contributed by atoms with Crippen LogP contribution in [-0.4, -0.2) is 17.5 Å². The van der Waals surface area contributed by atoms with Gasteiger partial charge in [-0.3, -0.25) is 9.20 Å². The molecule has 2 aromatic carbocycles. The molecule has 5 aromatic rings. The number of esters is 1. The molecule has 152 valence electrons. The first-order valence-corrected chi connectivity index (χ1v) is 10.5. The van der Waals surface area contributed by atoms with Gasteiger partial charge in [0.25, 0.3) is 5.56 Å². The normalized spacial score (nSPS) is 11.0. The van der Waals surface area contributed by atoms with Crippen LogP contribution in [0.3, 0.4) is 0 Å². The molecule has 0 spiro atoms. The molecule has 0 radical (unpaired) electrons. The Kier molecular flexibility index (Phi) is 4.76. The van der Waals surface area contributed by atoms with Crippen molar-refractivity contribution in [2.45, 2.75) is 0 Å². The minimum atomic E-state index is -0.468. The molecule has 5 nitrogen and oxygen atoms in total. The summed E-state index contributed by atoms with van der Waals surface area (Å²) < 4.78 is 13.1. The van der Waals surface area contributed by atoms with Crippen LogP contribution in [-0.2, 0) is 4.74 Å². The first kappa shape index (κ1) is 19.1. The second kappa shape index (κ2) is 7.74. The molecule has 0 aliphatic carbocycles. The number of carbonyl (C=O) groups excluding carboxylic acids is 1. The van der Waals surface area contributed by atoms with Gasteiger partial charge in [-0.25, -0.2) is 4.79 Å². The van der Waals surface area contributed by atoms with E-state index in [1.165, 1.54) is 22.8 Å². The van der Waals surface area contributed by atoms with E-state index in [-0.39, 0.29) is 5.56 Å². The number of methoxy groups -OCH3 is 1. The molecule has 0 atom stereocenters. The van der Waals surface area contributed by atoms with Gasteiger partial charge < -0.3 is 9.47 Å². The summed E-state index contributed by atoms with van der Waals surface area (Å²) in [6.07, 6.45) is 1.56. The summed E-state index contributed by atoms with van der Waals surface area (Å²) in [6, 6.07) is 22.5. The first-order chi connectivity index (χ1) is 15.2. The molecular formula is C25H17NO4S. The summed E-state index contributed by atoms with van der Waals surface area (Å²) in [4.78, 5) is 25.6. The minimum absolute atomic E-state index is 0.199. The maximum absolute atomic E-state index is 13.3. The standard InChI is InChI=1S/C25H17NO4S/c1-29-25(28)21-15-26-22(23-20(21)13-14-31-23)12-11-19(24(26)27)16-7-9-18(10-8-16)30-17-5-3-2-4-6-17/h2-15H,1H3. The van der Waals surface area contributed by atoms with Gasteiger partial charge in [-0.05, 0) is 53.4 Å². The van der Waals surface area contributed by atoms with Crippen LogP contribution in [0.15, 0.2) is 89.2 Å². The fraction of sp³-hybridized carbons (Fsp3) is 0.0400. The van der Waals surface area contributed by atoms with Crippen LogP contribution in [0.2, 0.25) is 0 Å². The molecule has 0 N–H and O–H groups in total. The number of thiophene rings is 1. The molecule has 3 heterocycles. The van der Waals surface area contributed by atoms with E-state index in [4.69, 9.17) is 9.47 Å². The first-order valence-electron chi connectivity index (χ1n) is 9.63. The van der Waals surface area contributed by atoms with Gasteiger partial charge >= 0.3 is 5.97 Å². The van der Waals surface area contributed by atoms with Crippen LogP contribution in [0.5, 0.6) is 11.5 Å². The molecular weight excluding hydrogens is 410 g/mol. The largest absolute Gasteiger partial charge is 0.465 e. The Hall–Kier alpha value is -3.90. The highest BCUT2D eigenvalue weighted by Gasteiger charge is 2.17. The van der Waals surface area contributed by atoms with Crippen molar-refractivity contribution < 1.29 is 14.3 Å². The summed E-state index contributed by atoms with van der Waals surface area (Å²) in [6.45, 7) is 0. The maximum atomic E-state index is 13.3. The second-order valence-electron chi connectivity index (χ2n) is 6.94. The van der Waals surface area contributed by atoms with Crippen molar-refractivity contribution in [3.05, 3.63) is 100 Å². The number of fused-ring (bicyclic) bond motifs is 3. The number of para-hydroxylation sites is 1. The number of carbonyl (C=O) groups is 1. The number of aromatic nitrogens is 1. The van der Waals surface area contributed by atoms with Gasteiger partial charge in [-0.2, -0.15) is 0 Å². The van der Waals surface area contributed by atoms with Crippen molar-refractivity contribution in [2.75, 3.05) is 7.11 Å². The van der Waals surface area contributed by atoms with Crippen LogP contribution in [0, 0.1) is 0 Å². The van der Waals surface area contributed by atoms with Crippen LogP contribution in [0.4, 0.5) is 0 Å². The topological polar surface area (TPSA) is 57.0 Å². The molecule has 0 aliphatic heterocycles. The monoisotopic (exact) mass is 427 g/mol. The third-order valence-electron chi connectivity index (χ3n) is 5.11. The van der Waals surface area contributed by atoms with E-state index in [2.05, 4.69) is 0 Å². The number of benzene rings is 2. The smallest absolute Gasteiger partial charge is 0.340 e. The Morgan fingerprint density at radius 2 is 1.65 bits per heavy atom. The molecule has 0 amide bonds. The number of hydrogen-bond acceptors (Lipinski definition) is 5. The number of rotatable bonds is 4. The zero-order valence-corrected chi connectivity index (χ0v) is 17.4. The van der Waals surface area contributed by atoms with Crippen molar-refractivity contribution in [2.24, 2.45) is 0 Å². The van der Waals surface area contributed by atoms with Gasteiger partial charge in [0.2, 0.25) is 0 Å². The van der Waals surface area contributed by atoms with Crippen LogP contribution < -0.4 is 10.3 Å². The highest BCUT2D eigenvalue weighted by atomic mass is 32.1. The summed E-state index contributed by atoms with van der Waals surface area (Å²) in [5, 5.41) is 2.69. The van der Waals surface area contributed by atoms with E-state index < -0.39 is 5.97 Å². The van der Waals surface area contributed by atoms with Crippen LogP contribution in [0.25, 0.3) is 26.7 Å².